The topological polar surface area (TPSA) is 17.1 Å². The zero-order valence-corrected chi connectivity index (χ0v) is 15.0. The maximum Gasteiger partial charge on any atom is 0.184 e. The molecule has 0 aromatic heterocycles. The lowest BCUT2D eigenvalue weighted by Gasteiger charge is -2.02. The highest BCUT2D eigenvalue weighted by molar-refractivity contribution is 6.08. The SMILES string of the molecule is O=C1/C(=C\C=C\c2ccccc2)CCCC/C1=C\C=C\c1ccccc1. The van der Waals surface area contributed by atoms with Crippen molar-refractivity contribution in [2.45, 2.75) is 25.7 Å². The van der Waals surface area contributed by atoms with Crippen LogP contribution in [0.25, 0.3) is 12.2 Å². The van der Waals surface area contributed by atoms with Crippen LogP contribution in [0.15, 0.2) is 96.1 Å². The second kappa shape index (κ2) is 9.53. The number of hydrogen-bond acceptors (Lipinski definition) is 1. The molecule has 1 saturated carbocycles. The molecule has 2 aromatic rings. The molecule has 130 valence electrons. The number of carbonyl (C=O) groups is 1. The number of allylic oxidation sites excluding steroid dienone is 6. The van der Waals surface area contributed by atoms with Gasteiger partial charge in [0.15, 0.2) is 5.78 Å². The van der Waals surface area contributed by atoms with E-state index in [9.17, 15) is 4.79 Å². The van der Waals surface area contributed by atoms with E-state index in [1.807, 2.05) is 72.9 Å². The van der Waals surface area contributed by atoms with Crippen molar-refractivity contribution in [2.24, 2.45) is 0 Å². The van der Waals surface area contributed by atoms with E-state index in [1.54, 1.807) is 0 Å². The third kappa shape index (κ3) is 5.29. The zero-order chi connectivity index (χ0) is 18.0. The van der Waals surface area contributed by atoms with Crippen molar-refractivity contribution in [2.75, 3.05) is 0 Å². The van der Waals surface area contributed by atoms with E-state index >= 15 is 0 Å². The molecular formula is C25H24O. The standard InChI is InChI=1S/C25H24O/c26-25-23(19-9-15-21-11-3-1-4-12-21)17-7-8-18-24(25)20-10-16-22-13-5-2-6-14-22/h1-6,9-16,19-20H,7-8,17-18H2/b15-9+,16-10+,23-19-,24-20+. The first-order chi connectivity index (χ1) is 12.8. The lowest BCUT2D eigenvalue weighted by molar-refractivity contribution is -0.112. The van der Waals surface area contributed by atoms with E-state index in [2.05, 4.69) is 24.3 Å². The first-order valence-corrected chi connectivity index (χ1v) is 9.22. The van der Waals surface area contributed by atoms with Gasteiger partial charge in [-0.1, -0.05) is 97.1 Å². The van der Waals surface area contributed by atoms with Crippen LogP contribution in [0.3, 0.4) is 0 Å². The number of rotatable bonds is 4. The number of hydrogen-bond donors (Lipinski definition) is 0. The van der Waals surface area contributed by atoms with Gasteiger partial charge in [-0.05, 0) is 48.0 Å². The summed E-state index contributed by atoms with van der Waals surface area (Å²) in [6, 6.07) is 20.3. The van der Waals surface area contributed by atoms with Crippen LogP contribution in [-0.2, 0) is 4.79 Å². The Morgan fingerprint density at radius 1 is 0.615 bits per heavy atom. The number of carbonyl (C=O) groups excluding carboxylic acids is 1. The van der Waals surface area contributed by atoms with Crippen LogP contribution in [0.5, 0.6) is 0 Å². The summed E-state index contributed by atoms with van der Waals surface area (Å²) in [6.45, 7) is 0. The van der Waals surface area contributed by atoms with Crippen molar-refractivity contribution in [1.29, 1.82) is 0 Å². The lowest BCUT2D eigenvalue weighted by Crippen LogP contribution is -2.03. The molecule has 1 fully saturated rings. The molecule has 0 heterocycles. The molecule has 2 aromatic carbocycles. The van der Waals surface area contributed by atoms with Gasteiger partial charge < -0.3 is 0 Å². The lowest BCUT2D eigenvalue weighted by atomic mass is 10.0. The highest BCUT2D eigenvalue weighted by Crippen LogP contribution is 2.24. The second-order valence-corrected chi connectivity index (χ2v) is 6.46. The smallest absolute Gasteiger partial charge is 0.184 e. The normalized spacial score (nSPS) is 18.8. The maximum absolute atomic E-state index is 12.8. The predicted octanol–water partition coefficient (Wildman–Crippen LogP) is 6.41. The highest BCUT2D eigenvalue weighted by atomic mass is 16.1. The minimum Gasteiger partial charge on any atom is -0.289 e. The molecule has 1 heteroatoms. The van der Waals surface area contributed by atoms with Gasteiger partial charge in [-0.3, -0.25) is 4.79 Å². The molecule has 26 heavy (non-hydrogen) atoms. The van der Waals surface area contributed by atoms with Gasteiger partial charge in [0.2, 0.25) is 0 Å². The van der Waals surface area contributed by atoms with Crippen LogP contribution in [-0.4, -0.2) is 5.78 Å². The fraction of sp³-hybridized carbons (Fsp3) is 0.160. The second-order valence-electron chi connectivity index (χ2n) is 6.46. The van der Waals surface area contributed by atoms with Gasteiger partial charge >= 0.3 is 0 Å². The zero-order valence-electron chi connectivity index (χ0n) is 15.0. The monoisotopic (exact) mass is 340 g/mol. The fourth-order valence-corrected chi connectivity index (χ4v) is 3.06. The summed E-state index contributed by atoms with van der Waals surface area (Å²) in [6.07, 6.45) is 15.9. The van der Waals surface area contributed by atoms with E-state index in [-0.39, 0.29) is 5.78 Å². The van der Waals surface area contributed by atoms with Crippen molar-refractivity contribution in [1.82, 2.24) is 0 Å². The molecule has 1 aliphatic rings. The molecule has 0 aliphatic heterocycles. The molecule has 0 atom stereocenters. The summed E-state index contributed by atoms with van der Waals surface area (Å²) >= 11 is 0. The molecule has 0 spiro atoms. The minimum atomic E-state index is 0.193. The Bertz CT molecular complexity index is 765. The molecular weight excluding hydrogens is 316 g/mol. The van der Waals surface area contributed by atoms with Crippen LogP contribution in [0.1, 0.15) is 36.8 Å². The van der Waals surface area contributed by atoms with Crippen LogP contribution in [0, 0.1) is 0 Å². The van der Waals surface area contributed by atoms with E-state index in [0.717, 1.165) is 48.0 Å². The van der Waals surface area contributed by atoms with Crippen molar-refractivity contribution in [3.8, 4) is 0 Å². The van der Waals surface area contributed by atoms with Crippen molar-refractivity contribution in [3.63, 3.8) is 0 Å². The Morgan fingerprint density at radius 2 is 1.04 bits per heavy atom. The van der Waals surface area contributed by atoms with Crippen molar-refractivity contribution >= 4 is 17.9 Å². The first-order valence-electron chi connectivity index (χ1n) is 9.22. The third-order valence-electron chi connectivity index (χ3n) is 4.50. The third-order valence-corrected chi connectivity index (χ3v) is 4.50. The summed E-state index contributed by atoms with van der Waals surface area (Å²) in [7, 11) is 0. The van der Waals surface area contributed by atoms with E-state index in [0.29, 0.717) is 0 Å². The molecule has 0 unspecified atom stereocenters. The van der Waals surface area contributed by atoms with Crippen LogP contribution in [0.2, 0.25) is 0 Å². The van der Waals surface area contributed by atoms with Crippen molar-refractivity contribution < 1.29 is 4.79 Å². The summed E-state index contributed by atoms with van der Waals surface area (Å²) < 4.78 is 0. The Balaban J connectivity index is 1.72. The van der Waals surface area contributed by atoms with Gasteiger partial charge in [0.1, 0.15) is 0 Å². The predicted molar refractivity (Wildman–Crippen MR) is 111 cm³/mol. The van der Waals surface area contributed by atoms with Gasteiger partial charge in [0.05, 0.1) is 0 Å². The van der Waals surface area contributed by atoms with Crippen LogP contribution < -0.4 is 0 Å². The maximum atomic E-state index is 12.8. The molecule has 0 N–H and O–H groups in total. The van der Waals surface area contributed by atoms with E-state index < -0.39 is 0 Å². The Labute approximate surface area is 156 Å². The Kier molecular flexibility index (Phi) is 6.55. The molecule has 0 saturated heterocycles. The highest BCUT2D eigenvalue weighted by Gasteiger charge is 2.17. The average molecular weight is 340 g/mol. The van der Waals surface area contributed by atoms with Gasteiger partial charge in [-0.2, -0.15) is 0 Å². The van der Waals surface area contributed by atoms with Gasteiger partial charge in [-0.15, -0.1) is 0 Å². The Morgan fingerprint density at radius 3 is 1.46 bits per heavy atom. The fourth-order valence-electron chi connectivity index (χ4n) is 3.06. The van der Waals surface area contributed by atoms with Gasteiger partial charge in [-0.25, -0.2) is 0 Å². The average Bonchev–Trinajstić information content (AvgIpc) is 2.86. The molecule has 0 bridgehead atoms. The number of ketones is 1. The number of benzene rings is 2. The quantitative estimate of drug-likeness (QED) is 0.464. The molecule has 1 nitrogen and oxygen atoms in total. The van der Waals surface area contributed by atoms with Crippen molar-refractivity contribution in [3.05, 3.63) is 107 Å². The molecule has 0 amide bonds. The van der Waals surface area contributed by atoms with E-state index in [1.165, 1.54) is 0 Å². The summed E-state index contributed by atoms with van der Waals surface area (Å²) in [4.78, 5) is 12.8. The van der Waals surface area contributed by atoms with E-state index in [4.69, 9.17) is 0 Å². The molecule has 3 rings (SSSR count). The Hall–Kier alpha value is -2.93. The molecule has 1 aliphatic carbocycles. The summed E-state index contributed by atoms with van der Waals surface area (Å²) in [5, 5.41) is 0. The first kappa shape index (κ1) is 17.9. The van der Waals surface area contributed by atoms with Crippen LogP contribution >= 0.6 is 0 Å². The van der Waals surface area contributed by atoms with Gasteiger partial charge in [0.25, 0.3) is 0 Å². The minimum absolute atomic E-state index is 0.193. The number of Topliss-reactive ketones (excluding diaryl/α,β-unsaturated/α-hetero) is 1. The van der Waals surface area contributed by atoms with Gasteiger partial charge in [0, 0.05) is 0 Å². The largest absolute Gasteiger partial charge is 0.289 e. The summed E-state index contributed by atoms with van der Waals surface area (Å²) in [5.41, 5.74) is 4.11. The summed E-state index contributed by atoms with van der Waals surface area (Å²) in [5.74, 6) is 0.193. The van der Waals surface area contributed by atoms with Crippen LogP contribution in [0.4, 0.5) is 0 Å². The molecule has 0 radical (unpaired) electrons.